The highest BCUT2D eigenvalue weighted by atomic mass is 35.5. The minimum absolute atomic E-state index is 0.743. The summed E-state index contributed by atoms with van der Waals surface area (Å²) in [5.41, 5.74) is 3.62. The van der Waals surface area contributed by atoms with Gasteiger partial charge in [0.2, 0.25) is 0 Å². The monoisotopic (exact) mass is 237 g/mol. The third kappa shape index (κ3) is 3.00. The lowest BCUT2D eigenvalue weighted by Gasteiger charge is -2.16. The van der Waals surface area contributed by atoms with Gasteiger partial charge < -0.3 is 10.1 Å². The van der Waals surface area contributed by atoms with Crippen LogP contribution in [0.25, 0.3) is 0 Å². The maximum atomic E-state index is 5.96. The Labute approximate surface area is 101 Å². The van der Waals surface area contributed by atoms with Crippen molar-refractivity contribution < 1.29 is 4.74 Å². The Morgan fingerprint density at radius 2 is 2.31 bits per heavy atom. The molecule has 0 spiro atoms. The van der Waals surface area contributed by atoms with Gasteiger partial charge in [-0.05, 0) is 36.6 Å². The van der Waals surface area contributed by atoms with Crippen LogP contribution in [0.15, 0.2) is 29.8 Å². The first-order chi connectivity index (χ1) is 7.75. The maximum Gasteiger partial charge on any atom is 0.0693 e. The van der Waals surface area contributed by atoms with E-state index in [2.05, 4.69) is 18.3 Å². The third-order valence-corrected chi connectivity index (χ3v) is 2.92. The lowest BCUT2D eigenvalue weighted by Crippen LogP contribution is -2.14. The molecule has 2 rings (SSSR count). The molecule has 0 saturated heterocycles. The molecule has 86 valence electrons. The van der Waals surface area contributed by atoms with Crippen molar-refractivity contribution in [3.63, 3.8) is 0 Å². The molecule has 0 radical (unpaired) electrons. The van der Waals surface area contributed by atoms with E-state index in [9.17, 15) is 0 Å². The van der Waals surface area contributed by atoms with E-state index >= 15 is 0 Å². The smallest absolute Gasteiger partial charge is 0.0693 e. The number of ether oxygens (including phenoxy) is 1. The molecule has 0 bridgehead atoms. The first-order valence-electron chi connectivity index (χ1n) is 5.51. The number of benzene rings is 1. The van der Waals surface area contributed by atoms with Gasteiger partial charge >= 0.3 is 0 Å². The quantitative estimate of drug-likeness (QED) is 0.814. The molecule has 1 N–H and O–H groups in total. The van der Waals surface area contributed by atoms with Gasteiger partial charge in [-0.2, -0.15) is 0 Å². The van der Waals surface area contributed by atoms with Crippen molar-refractivity contribution in [2.75, 3.05) is 25.1 Å². The lowest BCUT2D eigenvalue weighted by atomic mass is 10.1. The highest BCUT2D eigenvalue weighted by Crippen LogP contribution is 2.20. The maximum absolute atomic E-state index is 5.96. The first-order valence-corrected chi connectivity index (χ1v) is 5.89. The van der Waals surface area contributed by atoms with Gasteiger partial charge in [-0.25, -0.2) is 0 Å². The molecule has 1 aromatic carbocycles. The predicted molar refractivity (Wildman–Crippen MR) is 68.2 cm³/mol. The summed E-state index contributed by atoms with van der Waals surface area (Å²) >= 11 is 5.96. The Balaban J connectivity index is 1.98. The second-order valence-corrected chi connectivity index (χ2v) is 4.45. The second-order valence-electron chi connectivity index (χ2n) is 4.02. The molecule has 1 aromatic rings. The van der Waals surface area contributed by atoms with Crippen LogP contribution < -0.4 is 5.32 Å². The highest BCUT2D eigenvalue weighted by molar-refractivity contribution is 6.30. The number of halogens is 1. The third-order valence-electron chi connectivity index (χ3n) is 2.69. The summed E-state index contributed by atoms with van der Waals surface area (Å²) in [5, 5.41) is 4.16. The molecule has 16 heavy (non-hydrogen) atoms. The molecule has 0 unspecified atom stereocenters. The molecule has 1 heterocycles. The molecule has 0 amide bonds. The van der Waals surface area contributed by atoms with Crippen LogP contribution in [0.4, 0.5) is 5.69 Å². The zero-order valence-electron chi connectivity index (χ0n) is 9.42. The van der Waals surface area contributed by atoms with E-state index in [1.807, 2.05) is 18.2 Å². The van der Waals surface area contributed by atoms with E-state index in [1.165, 1.54) is 11.1 Å². The number of nitrogens with one attached hydrogen (secondary N) is 1. The summed E-state index contributed by atoms with van der Waals surface area (Å²) in [7, 11) is 0. The van der Waals surface area contributed by atoms with Gasteiger partial charge in [-0.3, -0.25) is 0 Å². The molecule has 3 heteroatoms. The molecular weight excluding hydrogens is 222 g/mol. The van der Waals surface area contributed by atoms with E-state index in [0.717, 1.165) is 36.9 Å². The lowest BCUT2D eigenvalue weighted by molar-refractivity contribution is 0.150. The fourth-order valence-corrected chi connectivity index (χ4v) is 1.90. The average Bonchev–Trinajstić information content (AvgIpc) is 2.32. The largest absolute Gasteiger partial charge is 0.381 e. The number of rotatable bonds is 3. The summed E-state index contributed by atoms with van der Waals surface area (Å²) in [5.74, 6) is 0. The van der Waals surface area contributed by atoms with E-state index in [1.54, 1.807) is 0 Å². The SMILES string of the molecule is Cc1ccc(Cl)cc1NCC1=CCCOC1. The molecule has 1 aliphatic heterocycles. The molecule has 0 aromatic heterocycles. The summed E-state index contributed by atoms with van der Waals surface area (Å²) < 4.78 is 5.39. The molecule has 2 nitrogen and oxygen atoms in total. The van der Waals surface area contributed by atoms with Crippen LogP contribution in [0.2, 0.25) is 5.02 Å². The molecule has 1 aliphatic rings. The second kappa shape index (κ2) is 5.37. The molecular formula is C13H16ClNO. The standard InChI is InChI=1S/C13H16ClNO/c1-10-4-5-12(14)7-13(10)15-8-11-3-2-6-16-9-11/h3-5,7,15H,2,6,8-9H2,1H3. The van der Waals surface area contributed by atoms with Gasteiger partial charge in [-0.15, -0.1) is 0 Å². The van der Waals surface area contributed by atoms with Crippen molar-refractivity contribution in [2.45, 2.75) is 13.3 Å². The summed E-state index contributed by atoms with van der Waals surface area (Å²) in [6, 6.07) is 5.89. The Morgan fingerprint density at radius 3 is 3.06 bits per heavy atom. The van der Waals surface area contributed by atoms with Crippen LogP contribution in [0.3, 0.4) is 0 Å². The van der Waals surface area contributed by atoms with Crippen molar-refractivity contribution in [3.8, 4) is 0 Å². The van der Waals surface area contributed by atoms with E-state index < -0.39 is 0 Å². The van der Waals surface area contributed by atoms with Crippen LogP contribution in [0.5, 0.6) is 0 Å². The van der Waals surface area contributed by atoms with E-state index in [-0.39, 0.29) is 0 Å². The number of aryl methyl sites for hydroxylation is 1. The highest BCUT2D eigenvalue weighted by Gasteiger charge is 2.04. The van der Waals surface area contributed by atoms with Gasteiger partial charge in [0.25, 0.3) is 0 Å². The Kier molecular flexibility index (Phi) is 3.86. The predicted octanol–water partition coefficient (Wildman–Crippen LogP) is 3.41. The van der Waals surface area contributed by atoms with Crippen molar-refractivity contribution in [3.05, 3.63) is 40.4 Å². The van der Waals surface area contributed by atoms with Crippen LogP contribution >= 0.6 is 11.6 Å². The fraction of sp³-hybridized carbons (Fsp3) is 0.385. The topological polar surface area (TPSA) is 21.3 Å². The van der Waals surface area contributed by atoms with Crippen molar-refractivity contribution in [1.82, 2.24) is 0 Å². The van der Waals surface area contributed by atoms with Gasteiger partial charge in [0.1, 0.15) is 0 Å². The Hall–Kier alpha value is -0.990. The van der Waals surface area contributed by atoms with Gasteiger partial charge in [-0.1, -0.05) is 23.7 Å². The van der Waals surface area contributed by atoms with Crippen molar-refractivity contribution in [2.24, 2.45) is 0 Å². The number of hydrogen-bond donors (Lipinski definition) is 1. The minimum atomic E-state index is 0.743. The Bertz CT molecular complexity index is 401. The van der Waals surface area contributed by atoms with Gasteiger partial charge in [0.05, 0.1) is 13.2 Å². The minimum Gasteiger partial charge on any atom is -0.381 e. The van der Waals surface area contributed by atoms with Gasteiger partial charge in [0.15, 0.2) is 0 Å². The fourth-order valence-electron chi connectivity index (χ4n) is 1.73. The Morgan fingerprint density at radius 1 is 1.44 bits per heavy atom. The number of anilines is 1. The average molecular weight is 238 g/mol. The normalized spacial score (nSPS) is 15.8. The molecule has 0 fully saturated rings. The van der Waals surface area contributed by atoms with Gasteiger partial charge in [0, 0.05) is 17.3 Å². The van der Waals surface area contributed by atoms with E-state index in [4.69, 9.17) is 16.3 Å². The molecule has 0 saturated carbocycles. The first kappa shape index (κ1) is 11.5. The van der Waals surface area contributed by atoms with Crippen LogP contribution in [-0.4, -0.2) is 19.8 Å². The van der Waals surface area contributed by atoms with Crippen LogP contribution in [0, 0.1) is 6.92 Å². The molecule has 0 aliphatic carbocycles. The van der Waals surface area contributed by atoms with Crippen LogP contribution in [0.1, 0.15) is 12.0 Å². The summed E-state index contributed by atoms with van der Waals surface area (Å²) in [6.45, 7) is 4.50. The number of hydrogen-bond acceptors (Lipinski definition) is 2. The molecule has 0 atom stereocenters. The van der Waals surface area contributed by atoms with E-state index in [0.29, 0.717) is 0 Å². The van der Waals surface area contributed by atoms with Crippen molar-refractivity contribution in [1.29, 1.82) is 0 Å². The zero-order chi connectivity index (χ0) is 11.4. The summed E-state index contributed by atoms with van der Waals surface area (Å²) in [4.78, 5) is 0. The van der Waals surface area contributed by atoms with Crippen LogP contribution in [-0.2, 0) is 4.74 Å². The van der Waals surface area contributed by atoms with Crippen molar-refractivity contribution >= 4 is 17.3 Å². The summed E-state index contributed by atoms with van der Waals surface area (Å²) in [6.07, 6.45) is 3.27. The zero-order valence-corrected chi connectivity index (χ0v) is 10.2.